The molecule has 15 heavy (non-hydrogen) atoms. The molecule has 0 aliphatic carbocycles. The van der Waals surface area contributed by atoms with E-state index in [1.807, 2.05) is 0 Å². The van der Waals surface area contributed by atoms with Gasteiger partial charge in [0, 0.05) is 6.54 Å². The fraction of sp³-hybridized carbons (Fsp3) is 0.182. The summed E-state index contributed by atoms with van der Waals surface area (Å²) in [5.41, 5.74) is 6.33. The molecule has 0 saturated heterocycles. The first-order valence-corrected chi connectivity index (χ1v) is 4.64. The third kappa shape index (κ3) is 1.63. The first kappa shape index (κ1) is 9.83. The van der Waals surface area contributed by atoms with Gasteiger partial charge < -0.3 is 5.73 Å². The number of nitrogens with zero attached hydrogens (tertiary/aromatic N) is 1. The van der Waals surface area contributed by atoms with Crippen molar-refractivity contribution in [1.29, 1.82) is 0 Å². The van der Waals surface area contributed by atoms with E-state index in [1.165, 1.54) is 24.4 Å². The lowest BCUT2D eigenvalue weighted by atomic mass is 10.0. The topological polar surface area (TPSA) is 38.4 Å². The van der Waals surface area contributed by atoms with E-state index in [0.29, 0.717) is 24.3 Å². The molecule has 0 saturated carbocycles. The van der Waals surface area contributed by atoms with E-state index in [0.717, 1.165) is 0 Å². The Morgan fingerprint density at radius 3 is 2.53 bits per heavy atom. The molecule has 2 rings (SSSR count). The summed E-state index contributed by atoms with van der Waals surface area (Å²) in [4.78, 5) is 4.07. The van der Waals surface area contributed by atoms with Crippen LogP contribution in [0.25, 0.3) is 0 Å². The highest BCUT2D eigenvalue weighted by Crippen LogP contribution is 2.22. The van der Waals surface area contributed by atoms with Gasteiger partial charge >= 0.3 is 0 Å². The summed E-state index contributed by atoms with van der Waals surface area (Å²) in [6.07, 6.45) is 2.00. The van der Waals surface area contributed by atoms with Crippen molar-refractivity contribution >= 4 is 5.71 Å². The highest BCUT2D eigenvalue weighted by Gasteiger charge is 2.21. The highest BCUT2D eigenvalue weighted by molar-refractivity contribution is 6.14. The Bertz CT molecular complexity index is 430. The van der Waals surface area contributed by atoms with Crippen LogP contribution in [-0.4, -0.2) is 12.3 Å². The van der Waals surface area contributed by atoms with E-state index >= 15 is 0 Å². The van der Waals surface area contributed by atoms with Gasteiger partial charge in [-0.2, -0.15) is 0 Å². The van der Waals surface area contributed by atoms with Crippen LogP contribution in [0.15, 0.2) is 35.0 Å². The molecule has 1 heterocycles. The lowest BCUT2D eigenvalue weighted by molar-refractivity contribution is 0.579. The summed E-state index contributed by atoms with van der Waals surface area (Å²) in [6, 6.07) is 3.76. The predicted molar refractivity (Wildman–Crippen MR) is 54.6 cm³/mol. The van der Waals surface area contributed by atoms with Gasteiger partial charge in [0.05, 0.1) is 11.3 Å². The van der Waals surface area contributed by atoms with Gasteiger partial charge in [0.25, 0.3) is 0 Å². The molecule has 0 unspecified atom stereocenters. The molecule has 2 nitrogen and oxygen atoms in total. The molecule has 0 amide bonds. The minimum Gasteiger partial charge on any atom is -0.404 e. The quantitative estimate of drug-likeness (QED) is 0.753. The van der Waals surface area contributed by atoms with Crippen LogP contribution in [0.1, 0.15) is 12.0 Å². The van der Waals surface area contributed by atoms with Crippen molar-refractivity contribution in [2.24, 2.45) is 10.7 Å². The molecule has 0 spiro atoms. The van der Waals surface area contributed by atoms with Gasteiger partial charge in [-0.1, -0.05) is 6.07 Å². The van der Waals surface area contributed by atoms with E-state index in [4.69, 9.17) is 5.73 Å². The Labute approximate surface area is 86.1 Å². The molecule has 78 valence electrons. The zero-order chi connectivity index (χ0) is 10.8. The maximum Gasteiger partial charge on any atom is 0.135 e. The van der Waals surface area contributed by atoms with Crippen molar-refractivity contribution in [3.05, 3.63) is 47.2 Å². The lowest BCUT2D eigenvalue weighted by Gasteiger charge is -2.05. The van der Waals surface area contributed by atoms with Crippen LogP contribution < -0.4 is 5.73 Å². The maximum absolute atomic E-state index is 13.4. The van der Waals surface area contributed by atoms with Gasteiger partial charge in [-0.3, -0.25) is 4.99 Å². The summed E-state index contributed by atoms with van der Waals surface area (Å²) in [5.74, 6) is -1.20. The number of hydrogen-bond acceptors (Lipinski definition) is 2. The van der Waals surface area contributed by atoms with Crippen LogP contribution in [0.3, 0.4) is 0 Å². The van der Waals surface area contributed by atoms with E-state index in [-0.39, 0.29) is 5.56 Å². The largest absolute Gasteiger partial charge is 0.404 e. The van der Waals surface area contributed by atoms with Crippen molar-refractivity contribution in [3.63, 3.8) is 0 Å². The molecule has 0 aromatic heterocycles. The van der Waals surface area contributed by atoms with Crippen LogP contribution in [0.5, 0.6) is 0 Å². The third-order valence-electron chi connectivity index (χ3n) is 2.36. The third-order valence-corrected chi connectivity index (χ3v) is 2.36. The van der Waals surface area contributed by atoms with Crippen LogP contribution in [0.2, 0.25) is 0 Å². The van der Waals surface area contributed by atoms with Gasteiger partial charge in [0.1, 0.15) is 11.6 Å². The van der Waals surface area contributed by atoms with Crippen LogP contribution in [0.4, 0.5) is 8.78 Å². The molecule has 0 fully saturated rings. The Balaban J connectivity index is 2.55. The Morgan fingerprint density at radius 1 is 1.27 bits per heavy atom. The van der Waals surface area contributed by atoms with E-state index < -0.39 is 11.6 Å². The number of hydrogen-bond donors (Lipinski definition) is 1. The first-order chi connectivity index (χ1) is 7.24. The average Bonchev–Trinajstić information content (AvgIpc) is 2.65. The molecule has 1 aliphatic rings. The van der Waals surface area contributed by atoms with Crippen LogP contribution in [-0.2, 0) is 0 Å². The summed E-state index contributed by atoms with van der Waals surface area (Å²) in [7, 11) is 0. The van der Waals surface area contributed by atoms with Crippen molar-refractivity contribution in [1.82, 2.24) is 0 Å². The number of benzene rings is 1. The summed E-state index contributed by atoms with van der Waals surface area (Å²) in [6.45, 7) is 0.534. The molecular weight excluding hydrogens is 198 g/mol. The van der Waals surface area contributed by atoms with Crippen molar-refractivity contribution in [2.45, 2.75) is 6.42 Å². The molecule has 4 heteroatoms. The monoisotopic (exact) mass is 208 g/mol. The minimum atomic E-state index is -0.602. The second kappa shape index (κ2) is 3.81. The van der Waals surface area contributed by atoms with Crippen molar-refractivity contribution < 1.29 is 8.78 Å². The fourth-order valence-corrected chi connectivity index (χ4v) is 1.63. The average molecular weight is 208 g/mol. The van der Waals surface area contributed by atoms with E-state index in [1.54, 1.807) is 0 Å². The van der Waals surface area contributed by atoms with Crippen molar-refractivity contribution in [3.8, 4) is 0 Å². The lowest BCUT2D eigenvalue weighted by Crippen LogP contribution is -2.08. The van der Waals surface area contributed by atoms with Gasteiger partial charge in [-0.25, -0.2) is 8.78 Å². The van der Waals surface area contributed by atoms with Gasteiger partial charge in [0.2, 0.25) is 0 Å². The second-order valence-electron chi connectivity index (χ2n) is 3.27. The number of halogens is 2. The minimum absolute atomic E-state index is 0.0771. The SMILES string of the molecule is N/C=C1\CCN=C1c1c(F)cccc1F. The summed E-state index contributed by atoms with van der Waals surface area (Å²) < 4.78 is 26.8. The molecule has 2 N–H and O–H groups in total. The zero-order valence-corrected chi connectivity index (χ0v) is 8.00. The van der Waals surface area contributed by atoms with E-state index in [9.17, 15) is 8.78 Å². The van der Waals surface area contributed by atoms with Crippen molar-refractivity contribution in [2.75, 3.05) is 6.54 Å². The normalized spacial score (nSPS) is 18.3. The van der Waals surface area contributed by atoms with Gasteiger partial charge in [-0.05, 0) is 30.3 Å². The molecule has 0 bridgehead atoms. The molecule has 1 aromatic carbocycles. The van der Waals surface area contributed by atoms with Crippen LogP contribution in [0, 0.1) is 11.6 Å². The second-order valence-corrected chi connectivity index (χ2v) is 3.27. The van der Waals surface area contributed by atoms with Gasteiger partial charge in [-0.15, -0.1) is 0 Å². The molecule has 0 atom stereocenters. The summed E-state index contributed by atoms with van der Waals surface area (Å²) in [5, 5.41) is 0. The first-order valence-electron chi connectivity index (χ1n) is 4.64. The highest BCUT2D eigenvalue weighted by atomic mass is 19.1. The molecule has 0 radical (unpaired) electrons. The zero-order valence-electron chi connectivity index (χ0n) is 8.00. The summed E-state index contributed by atoms with van der Waals surface area (Å²) >= 11 is 0. The molecule has 1 aromatic rings. The Kier molecular flexibility index (Phi) is 2.49. The Hall–Kier alpha value is -1.71. The number of aliphatic imine (C=N–C) groups is 1. The fourth-order valence-electron chi connectivity index (χ4n) is 1.63. The van der Waals surface area contributed by atoms with Gasteiger partial charge in [0.15, 0.2) is 0 Å². The van der Waals surface area contributed by atoms with E-state index in [2.05, 4.69) is 4.99 Å². The standard InChI is InChI=1S/C11H10F2N2/c12-8-2-1-3-9(13)10(8)11-7(6-14)4-5-15-11/h1-3,6H,4-5,14H2/b7-6+. The smallest absolute Gasteiger partial charge is 0.135 e. The number of nitrogens with two attached hydrogens (primary N) is 1. The number of rotatable bonds is 1. The molecule has 1 aliphatic heterocycles. The van der Waals surface area contributed by atoms with Crippen LogP contribution >= 0.6 is 0 Å². The maximum atomic E-state index is 13.4. The Morgan fingerprint density at radius 2 is 1.93 bits per heavy atom. The molecular formula is C11H10F2N2. The predicted octanol–water partition coefficient (Wildman–Crippen LogP) is 2.00.